The van der Waals surface area contributed by atoms with Gasteiger partial charge >= 0.3 is 6.18 Å². The first-order chi connectivity index (χ1) is 15.8. The lowest BCUT2D eigenvalue weighted by Crippen LogP contribution is -2.26. The normalized spacial score (nSPS) is 11.7. The Labute approximate surface area is 193 Å². The molecule has 3 aromatic carbocycles. The Morgan fingerprint density at radius 3 is 2.55 bits per heavy atom. The highest BCUT2D eigenvalue weighted by molar-refractivity contribution is 7.19. The molecule has 170 valence electrons. The number of thiophene rings is 1. The number of hydrogen-bond acceptors (Lipinski definition) is 3. The number of hydrogen-bond donors (Lipinski definition) is 2. The van der Waals surface area contributed by atoms with Gasteiger partial charge in [-0.2, -0.15) is 13.2 Å². The number of carbonyl (C=O) groups excluding carboxylic acids is 1. The van der Waals surface area contributed by atoms with Gasteiger partial charge in [0, 0.05) is 28.1 Å². The SMILES string of the molecule is Cc1c(Cc2cccc(C(F)(F)F)c2)sc2c(-c3cccc(C(=O)NCCO)c3)cccc12. The number of fused-ring (bicyclic) bond motifs is 1. The van der Waals surface area contributed by atoms with Crippen LogP contribution in [0.4, 0.5) is 13.2 Å². The molecule has 0 unspecified atom stereocenters. The number of alkyl halides is 3. The van der Waals surface area contributed by atoms with Crippen molar-refractivity contribution in [1.82, 2.24) is 5.32 Å². The van der Waals surface area contributed by atoms with Gasteiger partial charge in [0.25, 0.3) is 5.91 Å². The van der Waals surface area contributed by atoms with Crippen molar-refractivity contribution in [2.24, 2.45) is 0 Å². The van der Waals surface area contributed by atoms with Crippen LogP contribution >= 0.6 is 11.3 Å². The van der Waals surface area contributed by atoms with E-state index >= 15 is 0 Å². The molecule has 4 aromatic rings. The van der Waals surface area contributed by atoms with Gasteiger partial charge in [-0.05, 0) is 52.8 Å². The summed E-state index contributed by atoms with van der Waals surface area (Å²) in [5, 5.41) is 12.6. The van der Waals surface area contributed by atoms with Crippen LogP contribution in [-0.2, 0) is 12.6 Å². The predicted octanol–water partition coefficient (Wildman–Crippen LogP) is 6.21. The zero-order chi connectivity index (χ0) is 23.6. The van der Waals surface area contributed by atoms with Crippen LogP contribution in [0.15, 0.2) is 66.7 Å². The fraction of sp³-hybridized carbons (Fsp3) is 0.192. The average molecular weight is 470 g/mol. The topological polar surface area (TPSA) is 49.3 Å². The van der Waals surface area contributed by atoms with Gasteiger partial charge in [0.1, 0.15) is 0 Å². The van der Waals surface area contributed by atoms with Gasteiger partial charge in [0.15, 0.2) is 0 Å². The Morgan fingerprint density at radius 2 is 1.79 bits per heavy atom. The molecule has 1 aromatic heterocycles. The highest BCUT2D eigenvalue weighted by Crippen LogP contribution is 2.39. The lowest BCUT2D eigenvalue weighted by atomic mass is 9.99. The number of aliphatic hydroxyl groups is 1. The Balaban J connectivity index is 1.71. The largest absolute Gasteiger partial charge is 0.416 e. The van der Waals surface area contributed by atoms with Crippen LogP contribution in [0.5, 0.6) is 0 Å². The van der Waals surface area contributed by atoms with Crippen LogP contribution in [0.1, 0.15) is 31.9 Å². The Kier molecular flexibility index (Phi) is 6.54. The Hall–Kier alpha value is -3.16. The molecular formula is C26H22F3NO2S. The molecule has 4 rings (SSSR count). The number of rotatable bonds is 6. The van der Waals surface area contributed by atoms with Crippen molar-refractivity contribution in [3.63, 3.8) is 0 Å². The number of amides is 1. The molecular weight excluding hydrogens is 447 g/mol. The molecule has 0 saturated carbocycles. The number of benzene rings is 3. The molecule has 0 bridgehead atoms. The van der Waals surface area contributed by atoms with Crippen molar-refractivity contribution in [3.8, 4) is 11.1 Å². The molecule has 7 heteroatoms. The standard InChI is InChI=1S/C26H22F3NO2S/c1-16-21-9-4-10-22(18-6-3-7-19(15-18)25(32)30-11-12-31)24(21)33-23(16)14-17-5-2-8-20(13-17)26(27,28)29/h2-10,13,15,31H,11-12,14H2,1H3,(H,30,32). The highest BCUT2D eigenvalue weighted by Gasteiger charge is 2.30. The van der Waals surface area contributed by atoms with Crippen LogP contribution in [0, 0.1) is 6.92 Å². The van der Waals surface area contributed by atoms with E-state index in [9.17, 15) is 18.0 Å². The number of aliphatic hydroxyl groups excluding tert-OH is 1. The first-order valence-corrected chi connectivity index (χ1v) is 11.3. The minimum atomic E-state index is -4.37. The zero-order valence-electron chi connectivity index (χ0n) is 17.9. The van der Waals surface area contributed by atoms with E-state index in [4.69, 9.17) is 5.11 Å². The summed E-state index contributed by atoms with van der Waals surface area (Å²) in [5.41, 5.74) is 3.36. The summed E-state index contributed by atoms with van der Waals surface area (Å²) in [6.07, 6.45) is -3.95. The molecule has 0 atom stereocenters. The quantitative estimate of drug-likeness (QED) is 0.353. The second-order valence-electron chi connectivity index (χ2n) is 7.77. The summed E-state index contributed by atoms with van der Waals surface area (Å²) < 4.78 is 40.4. The molecule has 0 radical (unpaired) electrons. The molecule has 3 nitrogen and oxygen atoms in total. The molecule has 0 saturated heterocycles. The number of carbonyl (C=O) groups is 1. The van der Waals surface area contributed by atoms with E-state index < -0.39 is 11.7 Å². The number of nitrogens with one attached hydrogen (secondary N) is 1. The summed E-state index contributed by atoms with van der Waals surface area (Å²) in [4.78, 5) is 13.3. The summed E-state index contributed by atoms with van der Waals surface area (Å²) in [5.74, 6) is -0.259. The molecule has 0 aliphatic carbocycles. The molecule has 0 aliphatic rings. The third-order valence-corrected chi connectivity index (χ3v) is 6.86. The summed E-state index contributed by atoms with van der Waals surface area (Å²) in [6.45, 7) is 2.04. The maximum absolute atomic E-state index is 13.1. The van der Waals surface area contributed by atoms with E-state index in [1.807, 2.05) is 43.3 Å². The molecule has 1 amide bonds. The van der Waals surface area contributed by atoms with Gasteiger partial charge in [-0.3, -0.25) is 4.79 Å². The monoisotopic (exact) mass is 469 g/mol. The van der Waals surface area contributed by atoms with E-state index in [1.54, 1.807) is 23.5 Å². The van der Waals surface area contributed by atoms with Crippen LogP contribution in [0.2, 0.25) is 0 Å². The first-order valence-electron chi connectivity index (χ1n) is 10.4. The van der Waals surface area contributed by atoms with Crippen LogP contribution < -0.4 is 5.32 Å². The fourth-order valence-corrected chi connectivity index (χ4v) is 5.21. The second-order valence-corrected chi connectivity index (χ2v) is 8.87. The smallest absolute Gasteiger partial charge is 0.395 e. The molecule has 0 spiro atoms. The number of aryl methyl sites for hydroxylation is 1. The fourth-order valence-electron chi connectivity index (χ4n) is 3.83. The maximum Gasteiger partial charge on any atom is 0.416 e. The minimum absolute atomic E-state index is 0.131. The second kappa shape index (κ2) is 9.37. The van der Waals surface area contributed by atoms with Crippen molar-refractivity contribution in [2.75, 3.05) is 13.2 Å². The van der Waals surface area contributed by atoms with Gasteiger partial charge in [-0.1, -0.05) is 48.5 Å². The summed E-state index contributed by atoms with van der Waals surface area (Å²) >= 11 is 1.57. The van der Waals surface area contributed by atoms with E-state index in [-0.39, 0.29) is 19.1 Å². The molecule has 0 fully saturated rings. The molecule has 0 aliphatic heterocycles. The number of halogens is 3. The highest BCUT2D eigenvalue weighted by atomic mass is 32.1. The molecule has 33 heavy (non-hydrogen) atoms. The first kappa shape index (κ1) is 23.0. The summed E-state index contributed by atoms with van der Waals surface area (Å²) in [6, 6.07) is 18.7. The van der Waals surface area contributed by atoms with Crippen molar-refractivity contribution in [2.45, 2.75) is 19.5 Å². The average Bonchev–Trinajstić information content (AvgIpc) is 3.12. The van der Waals surface area contributed by atoms with Gasteiger partial charge in [0.05, 0.1) is 12.2 Å². The van der Waals surface area contributed by atoms with E-state index in [0.29, 0.717) is 17.5 Å². The predicted molar refractivity (Wildman–Crippen MR) is 126 cm³/mol. The van der Waals surface area contributed by atoms with Crippen molar-refractivity contribution >= 4 is 27.3 Å². The molecule has 1 heterocycles. The van der Waals surface area contributed by atoms with E-state index in [2.05, 4.69) is 5.32 Å². The van der Waals surface area contributed by atoms with Crippen molar-refractivity contribution in [3.05, 3.63) is 93.9 Å². The maximum atomic E-state index is 13.1. The van der Waals surface area contributed by atoms with Crippen molar-refractivity contribution < 1.29 is 23.1 Å². The van der Waals surface area contributed by atoms with Crippen LogP contribution in [-0.4, -0.2) is 24.2 Å². The Bertz CT molecular complexity index is 1310. The summed E-state index contributed by atoms with van der Waals surface area (Å²) in [7, 11) is 0. The minimum Gasteiger partial charge on any atom is -0.395 e. The third kappa shape index (κ3) is 4.94. The van der Waals surface area contributed by atoms with Gasteiger partial charge in [0.2, 0.25) is 0 Å². The zero-order valence-corrected chi connectivity index (χ0v) is 18.7. The lowest BCUT2D eigenvalue weighted by molar-refractivity contribution is -0.137. The van der Waals surface area contributed by atoms with E-state index in [1.165, 1.54) is 12.1 Å². The van der Waals surface area contributed by atoms with Gasteiger partial charge in [-0.15, -0.1) is 11.3 Å². The van der Waals surface area contributed by atoms with E-state index in [0.717, 1.165) is 37.7 Å². The lowest BCUT2D eigenvalue weighted by Gasteiger charge is -2.08. The van der Waals surface area contributed by atoms with Gasteiger partial charge < -0.3 is 10.4 Å². The van der Waals surface area contributed by atoms with Crippen LogP contribution in [0.3, 0.4) is 0 Å². The Morgan fingerprint density at radius 1 is 1.03 bits per heavy atom. The van der Waals surface area contributed by atoms with Gasteiger partial charge in [-0.25, -0.2) is 0 Å². The third-order valence-electron chi connectivity index (χ3n) is 5.51. The van der Waals surface area contributed by atoms with Crippen LogP contribution in [0.25, 0.3) is 21.2 Å². The van der Waals surface area contributed by atoms with Crippen molar-refractivity contribution in [1.29, 1.82) is 0 Å². The molecule has 2 N–H and O–H groups in total.